The van der Waals surface area contributed by atoms with Crippen molar-refractivity contribution in [2.24, 2.45) is 5.92 Å². The van der Waals surface area contributed by atoms with E-state index in [1.54, 1.807) is 11.8 Å². The van der Waals surface area contributed by atoms with Gasteiger partial charge in [-0.3, -0.25) is 10.1 Å². The SMILES string of the molecule is CC1SC(NCC2CCPCC2)NC1=O. The Morgan fingerprint density at radius 1 is 1.53 bits per heavy atom. The van der Waals surface area contributed by atoms with Crippen LogP contribution in [0.3, 0.4) is 0 Å². The van der Waals surface area contributed by atoms with E-state index in [2.05, 4.69) is 10.6 Å². The first-order chi connectivity index (χ1) is 7.25. The van der Waals surface area contributed by atoms with E-state index in [-0.39, 0.29) is 16.7 Å². The first-order valence-electron chi connectivity index (χ1n) is 5.65. The molecule has 3 nitrogen and oxygen atoms in total. The van der Waals surface area contributed by atoms with Crippen molar-refractivity contribution in [2.45, 2.75) is 30.5 Å². The highest BCUT2D eigenvalue weighted by Crippen LogP contribution is 2.27. The molecule has 2 N–H and O–H groups in total. The molecular weight excluding hydrogens is 227 g/mol. The Morgan fingerprint density at radius 2 is 2.27 bits per heavy atom. The van der Waals surface area contributed by atoms with Crippen LogP contribution in [0.1, 0.15) is 19.8 Å². The van der Waals surface area contributed by atoms with E-state index in [1.165, 1.54) is 33.7 Å². The molecule has 2 aliphatic heterocycles. The molecule has 86 valence electrons. The predicted molar refractivity (Wildman–Crippen MR) is 67.8 cm³/mol. The van der Waals surface area contributed by atoms with Gasteiger partial charge in [-0.15, -0.1) is 20.3 Å². The molecule has 5 heteroatoms. The van der Waals surface area contributed by atoms with Gasteiger partial charge in [0.05, 0.1) is 5.25 Å². The molecule has 2 saturated heterocycles. The van der Waals surface area contributed by atoms with Crippen LogP contribution in [0.5, 0.6) is 0 Å². The molecule has 0 radical (unpaired) electrons. The fraction of sp³-hybridized carbons (Fsp3) is 0.900. The summed E-state index contributed by atoms with van der Waals surface area (Å²) < 4.78 is 0. The largest absolute Gasteiger partial charge is 0.331 e. The van der Waals surface area contributed by atoms with Gasteiger partial charge < -0.3 is 5.32 Å². The van der Waals surface area contributed by atoms with Gasteiger partial charge >= 0.3 is 0 Å². The molecule has 0 aliphatic carbocycles. The molecular formula is C10H19N2OPS. The van der Waals surface area contributed by atoms with E-state index in [0.717, 1.165) is 12.5 Å². The molecule has 0 aromatic heterocycles. The van der Waals surface area contributed by atoms with Crippen LogP contribution in [0.15, 0.2) is 0 Å². The second-order valence-corrected chi connectivity index (χ2v) is 7.22. The van der Waals surface area contributed by atoms with Crippen LogP contribution in [0.4, 0.5) is 0 Å². The third-order valence-electron chi connectivity index (χ3n) is 3.03. The van der Waals surface area contributed by atoms with Crippen molar-refractivity contribution in [1.82, 2.24) is 10.6 Å². The lowest BCUT2D eigenvalue weighted by molar-refractivity contribution is -0.119. The number of rotatable bonds is 3. The quantitative estimate of drug-likeness (QED) is 0.735. The summed E-state index contributed by atoms with van der Waals surface area (Å²) in [6.07, 6.45) is 5.55. The standard InChI is InChI=1S/C10H19N2OPS/c1-7-9(13)12-10(15-7)11-6-8-2-4-14-5-3-8/h7-8,10-11,14H,2-6H2,1H3,(H,12,13). The van der Waals surface area contributed by atoms with Crippen LogP contribution in [0, 0.1) is 5.92 Å². The highest BCUT2D eigenvalue weighted by atomic mass is 32.2. The van der Waals surface area contributed by atoms with Gasteiger partial charge in [-0.1, -0.05) is 0 Å². The third kappa shape index (κ3) is 3.33. The summed E-state index contributed by atoms with van der Waals surface area (Å²) in [6, 6.07) is 0. The van der Waals surface area contributed by atoms with Crippen LogP contribution in [0.2, 0.25) is 0 Å². The van der Waals surface area contributed by atoms with Crippen molar-refractivity contribution in [1.29, 1.82) is 0 Å². The van der Waals surface area contributed by atoms with Crippen molar-refractivity contribution in [3.63, 3.8) is 0 Å². The lowest BCUT2D eigenvalue weighted by atomic mass is 10.0. The van der Waals surface area contributed by atoms with Gasteiger partial charge in [0.15, 0.2) is 0 Å². The molecule has 2 atom stereocenters. The number of hydrogen-bond donors (Lipinski definition) is 2. The molecule has 0 aromatic carbocycles. The summed E-state index contributed by atoms with van der Waals surface area (Å²) in [4.78, 5) is 11.3. The van der Waals surface area contributed by atoms with E-state index in [1.807, 2.05) is 6.92 Å². The van der Waals surface area contributed by atoms with Crippen LogP contribution < -0.4 is 10.6 Å². The molecule has 0 spiro atoms. The summed E-state index contributed by atoms with van der Waals surface area (Å²) >= 11 is 1.69. The van der Waals surface area contributed by atoms with Gasteiger partial charge in [-0.05, 0) is 38.0 Å². The molecule has 0 aromatic rings. The summed E-state index contributed by atoms with van der Waals surface area (Å²) in [6.45, 7) is 3.03. The van der Waals surface area contributed by atoms with E-state index in [4.69, 9.17) is 0 Å². The zero-order chi connectivity index (χ0) is 10.7. The molecule has 2 heterocycles. The normalized spacial score (nSPS) is 38.2. The van der Waals surface area contributed by atoms with Gasteiger partial charge in [-0.2, -0.15) is 0 Å². The van der Waals surface area contributed by atoms with Gasteiger partial charge in [0.25, 0.3) is 0 Å². The highest BCUT2D eigenvalue weighted by molar-refractivity contribution is 8.01. The molecule has 0 saturated carbocycles. The second-order valence-electron chi connectivity index (χ2n) is 4.27. The minimum atomic E-state index is 0.107. The van der Waals surface area contributed by atoms with Crippen molar-refractivity contribution < 1.29 is 4.79 Å². The van der Waals surface area contributed by atoms with Crippen molar-refractivity contribution in [2.75, 3.05) is 18.9 Å². The van der Waals surface area contributed by atoms with Crippen molar-refractivity contribution in [3.8, 4) is 0 Å². The fourth-order valence-corrected chi connectivity index (χ4v) is 4.46. The maximum atomic E-state index is 11.3. The Hall–Kier alpha value is 0.210. The summed E-state index contributed by atoms with van der Waals surface area (Å²) in [5.74, 6) is 1.00. The van der Waals surface area contributed by atoms with Gasteiger partial charge in [0, 0.05) is 6.54 Å². The highest BCUT2D eigenvalue weighted by Gasteiger charge is 2.29. The monoisotopic (exact) mass is 246 g/mol. The lowest BCUT2D eigenvalue weighted by Gasteiger charge is -2.23. The number of hydrogen-bond acceptors (Lipinski definition) is 3. The number of thioether (sulfide) groups is 1. The zero-order valence-electron chi connectivity index (χ0n) is 9.08. The Morgan fingerprint density at radius 3 is 2.87 bits per heavy atom. The topological polar surface area (TPSA) is 41.1 Å². The molecule has 2 aliphatic rings. The zero-order valence-corrected chi connectivity index (χ0v) is 10.9. The van der Waals surface area contributed by atoms with E-state index in [0.29, 0.717) is 0 Å². The van der Waals surface area contributed by atoms with Crippen LogP contribution in [-0.2, 0) is 4.79 Å². The Labute approximate surface area is 97.3 Å². The molecule has 2 rings (SSSR count). The molecule has 0 bridgehead atoms. The maximum absolute atomic E-state index is 11.3. The number of carbonyl (C=O) groups is 1. The summed E-state index contributed by atoms with van der Waals surface area (Å²) in [5, 5.41) is 6.51. The van der Waals surface area contributed by atoms with Gasteiger partial charge in [0.2, 0.25) is 5.91 Å². The van der Waals surface area contributed by atoms with Crippen LogP contribution >= 0.6 is 20.3 Å². The molecule has 15 heavy (non-hydrogen) atoms. The first kappa shape index (κ1) is 11.7. The van der Waals surface area contributed by atoms with E-state index in [9.17, 15) is 4.79 Å². The van der Waals surface area contributed by atoms with E-state index >= 15 is 0 Å². The minimum Gasteiger partial charge on any atom is -0.331 e. The van der Waals surface area contributed by atoms with Crippen LogP contribution in [-0.4, -0.2) is 35.5 Å². The number of nitrogens with one attached hydrogen (secondary N) is 2. The van der Waals surface area contributed by atoms with Gasteiger partial charge in [0.1, 0.15) is 5.50 Å². The van der Waals surface area contributed by atoms with Crippen molar-refractivity contribution in [3.05, 3.63) is 0 Å². The van der Waals surface area contributed by atoms with Crippen molar-refractivity contribution >= 4 is 26.2 Å². The fourth-order valence-electron chi connectivity index (χ4n) is 2.01. The summed E-state index contributed by atoms with van der Waals surface area (Å²) in [5.41, 5.74) is 0.150. The van der Waals surface area contributed by atoms with Crippen LogP contribution in [0.25, 0.3) is 0 Å². The minimum absolute atomic E-state index is 0.107. The average molecular weight is 246 g/mol. The second kappa shape index (κ2) is 5.51. The Bertz CT molecular complexity index is 233. The summed E-state index contributed by atoms with van der Waals surface area (Å²) in [7, 11) is 1.19. The smallest absolute Gasteiger partial charge is 0.234 e. The molecule has 2 fully saturated rings. The lowest BCUT2D eigenvalue weighted by Crippen LogP contribution is -2.40. The number of carbonyl (C=O) groups excluding carboxylic acids is 1. The maximum Gasteiger partial charge on any atom is 0.234 e. The third-order valence-corrected chi connectivity index (χ3v) is 5.50. The number of amides is 1. The van der Waals surface area contributed by atoms with E-state index < -0.39 is 0 Å². The molecule has 2 unspecified atom stereocenters. The average Bonchev–Trinajstić information content (AvgIpc) is 2.57. The predicted octanol–water partition coefficient (Wildman–Crippen LogP) is 1.20. The first-order valence-corrected chi connectivity index (χ1v) is 8.01. The molecule has 1 amide bonds. The van der Waals surface area contributed by atoms with Gasteiger partial charge in [-0.25, -0.2) is 0 Å². The Balaban J connectivity index is 1.67. The Kier molecular flexibility index (Phi) is 4.30.